The Morgan fingerprint density at radius 1 is 1.12 bits per heavy atom. The first-order valence-corrected chi connectivity index (χ1v) is 10.4. The lowest BCUT2D eigenvalue weighted by molar-refractivity contribution is -0.132. The Hall–Kier alpha value is -1.63. The molecule has 1 aliphatic heterocycles. The number of carbonyl (C=O) groups excluding carboxylic acids is 1. The third kappa shape index (κ3) is 3.81. The summed E-state index contributed by atoms with van der Waals surface area (Å²) in [6.07, 6.45) is 4.62. The summed E-state index contributed by atoms with van der Waals surface area (Å²) in [6, 6.07) is 3.41. The largest absolute Gasteiger partial charge is 0.368 e. The van der Waals surface area contributed by atoms with Gasteiger partial charge in [-0.15, -0.1) is 0 Å². The van der Waals surface area contributed by atoms with Crippen molar-refractivity contribution in [2.24, 2.45) is 5.92 Å². The van der Waals surface area contributed by atoms with Gasteiger partial charge in [-0.2, -0.15) is 0 Å². The molecule has 0 bridgehead atoms. The molecule has 25 heavy (non-hydrogen) atoms. The molecule has 0 aromatic carbocycles. The second kappa shape index (κ2) is 6.59. The average Bonchev–Trinajstić information content (AvgIpc) is 3.40. The first kappa shape index (κ1) is 18.2. The fourth-order valence-corrected chi connectivity index (χ4v) is 4.08. The Balaban J connectivity index is 1.69. The molecular weight excluding hydrogens is 338 g/mol. The molecule has 138 valence electrons. The van der Waals surface area contributed by atoms with E-state index in [0.717, 1.165) is 51.1 Å². The number of rotatable bonds is 3. The molecule has 2 aliphatic rings. The normalized spacial score (nSPS) is 19.6. The van der Waals surface area contributed by atoms with Gasteiger partial charge in [-0.05, 0) is 52.2 Å². The van der Waals surface area contributed by atoms with E-state index in [4.69, 9.17) is 0 Å². The molecule has 1 aliphatic carbocycles. The zero-order valence-corrected chi connectivity index (χ0v) is 16.1. The van der Waals surface area contributed by atoms with E-state index in [-0.39, 0.29) is 10.9 Å². The van der Waals surface area contributed by atoms with Crippen LogP contribution in [-0.2, 0) is 14.6 Å². The minimum atomic E-state index is -3.44. The first-order valence-electron chi connectivity index (χ1n) is 8.94. The molecule has 7 heteroatoms. The molecule has 0 atom stereocenters. The van der Waals surface area contributed by atoms with Crippen LogP contribution in [0.1, 0.15) is 40.0 Å². The third-order valence-electron chi connectivity index (χ3n) is 4.90. The monoisotopic (exact) mass is 365 g/mol. The van der Waals surface area contributed by atoms with Crippen LogP contribution < -0.4 is 4.90 Å². The number of hydrogen-bond donors (Lipinski definition) is 0. The van der Waals surface area contributed by atoms with Gasteiger partial charge < -0.3 is 9.80 Å². The molecule has 1 aromatic heterocycles. The number of hydrogen-bond acceptors (Lipinski definition) is 5. The molecule has 1 saturated carbocycles. The van der Waals surface area contributed by atoms with Gasteiger partial charge in [-0.1, -0.05) is 0 Å². The number of aromatic nitrogens is 1. The summed E-state index contributed by atoms with van der Waals surface area (Å²) in [5.74, 6) is 0.557. The molecule has 3 rings (SSSR count). The van der Waals surface area contributed by atoms with Gasteiger partial charge in [0.2, 0.25) is 5.91 Å². The molecule has 1 aromatic rings. The fraction of sp³-hybridized carbons (Fsp3) is 0.667. The maximum Gasteiger partial charge on any atom is 0.225 e. The number of anilines is 1. The molecule has 6 nitrogen and oxygen atoms in total. The van der Waals surface area contributed by atoms with Gasteiger partial charge in [0, 0.05) is 32.1 Å². The van der Waals surface area contributed by atoms with Crippen molar-refractivity contribution < 1.29 is 13.2 Å². The van der Waals surface area contributed by atoms with Gasteiger partial charge in [-0.3, -0.25) is 4.79 Å². The summed E-state index contributed by atoms with van der Waals surface area (Å²) in [7, 11) is -3.44. The lowest BCUT2D eigenvalue weighted by Gasteiger charge is -2.24. The number of sulfone groups is 1. The van der Waals surface area contributed by atoms with Crippen LogP contribution in [-0.4, -0.2) is 55.1 Å². The lowest BCUT2D eigenvalue weighted by Crippen LogP contribution is -2.36. The van der Waals surface area contributed by atoms with E-state index in [0.29, 0.717) is 5.91 Å². The maximum atomic E-state index is 12.5. The van der Waals surface area contributed by atoms with Gasteiger partial charge in [0.1, 0.15) is 0 Å². The fourth-order valence-electron chi connectivity index (χ4n) is 3.02. The van der Waals surface area contributed by atoms with Crippen molar-refractivity contribution in [2.75, 3.05) is 31.1 Å². The summed E-state index contributed by atoms with van der Waals surface area (Å²) in [5.41, 5.74) is 0.911. The van der Waals surface area contributed by atoms with Crippen LogP contribution in [0.5, 0.6) is 0 Å². The zero-order chi connectivity index (χ0) is 18.2. The van der Waals surface area contributed by atoms with Crippen molar-refractivity contribution in [3.05, 3.63) is 18.3 Å². The van der Waals surface area contributed by atoms with Crippen molar-refractivity contribution in [3.63, 3.8) is 0 Å². The number of nitrogens with zero attached hydrogens (tertiary/aromatic N) is 3. The lowest BCUT2D eigenvalue weighted by atomic mass is 10.3. The van der Waals surface area contributed by atoms with Crippen LogP contribution >= 0.6 is 0 Å². The Morgan fingerprint density at radius 3 is 2.40 bits per heavy atom. The molecule has 2 fully saturated rings. The van der Waals surface area contributed by atoms with Crippen LogP contribution in [0.2, 0.25) is 0 Å². The van der Waals surface area contributed by atoms with E-state index < -0.39 is 14.6 Å². The predicted molar refractivity (Wildman–Crippen MR) is 97.3 cm³/mol. The third-order valence-corrected chi connectivity index (χ3v) is 7.31. The van der Waals surface area contributed by atoms with Crippen molar-refractivity contribution in [1.82, 2.24) is 9.88 Å². The summed E-state index contributed by atoms with van der Waals surface area (Å²) < 4.78 is 24.1. The standard InChI is InChI=1S/C18H27N3O3S/c1-18(2,3)25(23,24)16-8-7-15(13-19-16)20-9-4-10-21(12-11-20)17(22)14-5-6-14/h7-8,13-14H,4-6,9-12H2,1-3H3. The second-order valence-corrected chi connectivity index (χ2v) is 10.6. The van der Waals surface area contributed by atoms with E-state index in [1.165, 1.54) is 0 Å². The molecule has 2 heterocycles. The topological polar surface area (TPSA) is 70.6 Å². The summed E-state index contributed by atoms with van der Waals surface area (Å²) in [5, 5.41) is 0.115. The van der Waals surface area contributed by atoms with Crippen LogP contribution in [0.4, 0.5) is 5.69 Å². The predicted octanol–water partition coefficient (Wildman–Crippen LogP) is 2.10. The average molecular weight is 365 g/mol. The highest BCUT2D eigenvalue weighted by molar-refractivity contribution is 7.92. The maximum absolute atomic E-state index is 12.5. The summed E-state index contributed by atoms with van der Waals surface area (Å²) in [6.45, 7) is 8.16. The van der Waals surface area contributed by atoms with Gasteiger partial charge in [0.25, 0.3) is 0 Å². The summed E-state index contributed by atoms with van der Waals surface area (Å²) in [4.78, 5) is 20.6. The second-order valence-electron chi connectivity index (χ2n) is 7.91. The minimum absolute atomic E-state index is 0.115. The van der Waals surface area contributed by atoms with E-state index >= 15 is 0 Å². The van der Waals surface area contributed by atoms with Crippen LogP contribution in [0.25, 0.3) is 0 Å². The van der Waals surface area contributed by atoms with Crippen molar-refractivity contribution in [2.45, 2.75) is 49.8 Å². The number of amides is 1. The molecule has 1 amide bonds. The van der Waals surface area contributed by atoms with Crippen molar-refractivity contribution in [1.29, 1.82) is 0 Å². The SMILES string of the molecule is CC(C)(C)S(=O)(=O)c1ccc(N2CCCN(C(=O)C3CC3)CC2)cn1. The van der Waals surface area contributed by atoms with E-state index in [1.807, 2.05) is 11.0 Å². The molecular formula is C18H27N3O3S. The smallest absolute Gasteiger partial charge is 0.225 e. The molecule has 0 spiro atoms. The van der Waals surface area contributed by atoms with Crippen LogP contribution in [0.15, 0.2) is 23.4 Å². The first-order chi connectivity index (χ1) is 11.7. The van der Waals surface area contributed by atoms with E-state index in [1.54, 1.807) is 33.0 Å². The minimum Gasteiger partial charge on any atom is -0.368 e. The molecule has 0 N–H and O–H groups in total. The van der Waals surface area contributed by atoms with Gasteiger partial charge in [0.15, 0.2) is 14.9 Å². The zero-order valence-electron chi connectivity index (χ0n) is 15.2. The van der Waals surface area contributed by atoms with Gasteiger partial charge in [-0.25, -0.2) is 13.4 Å². The molecule has 0 unspecified atom stereocenters. The Kier molecular flexibility index (Phi) is 4.79. The van der Waals surface area contributed by atoms with Crippen molar-refractivity contribution in [3.8, 4) is 0 Å². The quantitative estimate of drug-likeness (QED) is 0.820. The van der Waals surface area contributed by atoms with Gasteiger partial charge >= 0.3 is 0 Å². The van der Waals surface area contributed by atoms with E-state index in [9.17, 15) is 13.2 Å². The molecule has 0 radical (unpaired) electrons. The highest BCUT2D eigenvalue weighted by atomic mass is 32.2. The van der Waals surface area contributed by atoms with Crippen LogP contribution in [0, 0.1) is 5.92 Å². The summed E-state index contributed by atoms with van der Waals surface area (Å²) >= 11 is 0. The van der Waals surface area contributed by atoms with E-state index in [2.05, 4.69) is 9.88 Å². The molecule has 1 saturated heterocycles. The highest BCUT2D eigenvalue weighted by Gasteiger charge is 2.34. The van der Waals surface area contributed by atoms with Crippen LogP contribution in [0.3, 0.4) is 0 Å². The van der Waals surface area contributed by atoms with Gasteiger partial charge in [0.05, 0.1) is 16.6 Å². The number of carbonyl (C=O) groups is 1. The Bertz CT molecular complexity index is 734. The number of pyridine rings is 1. The highest BCUT2D eigenvalue weighted by Crippen LogP contribution is 2.31. The van der Waals surface area contributed by atoms with Crippen molar-refractivity contribution >= 4 is 21.4 Å². The Morgan fingerprint density at radius 2 is 1.84 bits per heavy atom. The Labute approximate surface area is 150 Å².